The van der Waals surface area contributed by atoms with Gasteiger partial charge in [0.1, 0.15) is 0 Å². The minimum absolute atomic E-state index is 0.0229. The van der Waals surface area contributed by atoms with Crippen LogP contribution in [0.1, 0.15) is 31.7 Å². The molecule has 0 unspecified atom stereocenters. The van der Waals surface area contributed by atoms with Crippen LogP contribution in [0.3, 0.4) is 0 Å². The number of hydrogen-bond acceptors (Lipinski definition) is 8. The predicted octanol–water partition coefficient (Wildman–Crippen LogP) is 0.478. The molecule has 1 amide bonds. The fraction of sp³-hybridized carbons (Fsp3) is 0.769. The molecule has 1 aliphatic heterocycles. The molecule has 23 heavy (non-hydrogen) atoms. The number of carbonyl (C=O) groups excluding carboxylic acids is 1. The molecule has 130 valence electrons. The maximum atomic E-state index is 11.9. The van der Waals surface area contributed by atoms with E-state index in [4.69, 9.17) is 4.42 Å². The highest BCUT2D eigenvalue weighted by molar-refractivity contribution is 7.99. The van der Waals surface area contributed by atoms with E-state index in [1.165, 1.54) is 0 Å². The first-order valence-corrected chi connectivity index (χ1v) is 10.2. The maximum Gasteiger partial charge on any atom is 0.277 e. The molecular formula is C13H22N4O4S2. The summed E-state index contributed by atoms with van der Waals surface area (Å²) in [4.78, 5) is 13.9. The minimum Gasteiger partial charge on any atom is -0.414 e. The van der Waals surface area contributed by atoms with Crippen LogP contribution in [0.2, 0.25) is 0 Å². The van der Waals surface area contributed by atoms with Crippen molar-refractivity contribution >= 4 is 27.5 Å². The van der Waals surface area contributed by atoms with Crippen molar-refractivity contribution in [1.82, 2.24) is 20.4 Å². The van der Waals surface area contributed by atoms with Gasteiger partial charge in [0, 0.05) is 6.04 Å². The summed E-state index contributed by atoms with van der Waals surface area (Å²) in [6.07, 6.45) is 1.32. The van der Waals surface area contributed by atoms with Crippen molar-refractivity contribution in [3.8, 4) is 0 Å². The van der Waals surface area contributed by atoms with Gasteiger partial charge in [0.05, 0.1) is 23.3 Å². The van der Waals surface area contributed by atoms with E-state index < -0.39 is 9.84 Å². The molecule has 0 saturated carbocycles. The molecule has 2 atom stereocenters. The number of amides is 1. The number of aromatic nitrogens is 2. The molecule has 1 aliphatic rings. The average molecular weight is 362 g/mol. The first kappa shape index (κ1) is 18.2. The van der Waals surface area contributed by atoms with Gasteiger partial charge in [0.25, 0.3) is 5.22 Å². The van der Waals surface area contributed by atoms with Crippen LogP contribution in [0.25, 0.3) is 0 Å². The monoisotopic (exact) mass is 362 g/mol. The quantitative estimate of drug-likeness (QED) is 0.698. The average Bonchev–Trinajstić information content (AvgIpc) is 3.04. The molecule has 1 fully saturated rings. The Balaban J connectivity index is 1.82. The molecule has 8 nitrogen and oxygen atoms in total. The van der Waals surface area contributed by atoms with E-state index >= 15 is 0 Å². The summed E-state index contributed by atoms with van der Waals surface area (Å²) < 4.78 is 28.3. The van der Waals surface area contributed by atoms with Gasteiger partial charge >= 0.3 is 0 Å². The van der Waals surface area contributed by atoms with Crippen LogP contribution in [0.5, 0.6) is 0 Å². The van der Waals surface area contributed by atoms with E-state index in [1.807, 2.05) is 25.9 Å². The second-order valence-electron chi connectivity index (χ2n) is 5.75. The number of nitrogens with zero attached hydrogens (tertiary/aromatic N) is 3. The molecule has 2 rings (SSSR count). The van der Waals surface area contributed by atoms with Crippen LogP contribution < -0.4 is 5.32 Å². The van der Waals surface area contributed by atoms with Crippen molar-refractivity contribution in [3.63, 3.8) is 0 Å². The molecule has 1 saturated heterocycles. The summed E-state index contributed by atoms with van der Waals surface area (Å²) >= 11 is 1.15. The molecule has 0 radical (unpaired) electrons. The first-order chi connectivity index (χ1) is 10.8. The van der Waals surface area contributed by atoms with Crippen molar-refractivity contribution in [1.29, 1.82) is 0 Å². The smallest absolute Gasteiger partial charge is 0.277 e. The van der Waals surface area contributed by atoms with Gasteiger partial charge in [0.15, 0.2) is 9.84 Å². The zero-order chi connectivity index (χ0) is 17.0. The normalized spacial score (nSPS) is 21.5. The van der Waals surface area contributed by atoms with Crippen molar-refractivity contribution in [2.24, 2.45) is 0 Å². The Hall–Kier alpha value is -1.13. The van der Waals surface area contributed by atoms with E-state index in [2.05, 4.69) is 15.5 Å². The SMILES string of the molecule is CC[C@@H](c1nnc(SCC(=O)N[C@@H]2CCS(=O)(=O)C2)o1)N(C)C. The van der Waals surface area contributed by atoms with E-state index in [0.717, 1.165) is 18.2 Å². The lowest BCUT2D eigenvalue weighted by atomic mass is 10.2. The molecule has 0 aromatic carbocycles. The number of hydrogen-bond donors (Lipinski definition) is 1. The van der Waals surface area contributed by atoms with E-state index in [0.29, 0.717) is 17.5 Å². The Morgan fingerprint density at radius 1 is 1.48 bits per heavy atom. The molecule has 0 bridgehead atoms. The van der Waals surface area contributed by atoms with Crippen LogP contribution in [0, 0.1) is 0 Å². The highest BCUT2D eigenvalue weighted by Crippen LogP contribution is 2.24. The van der Waals surface area contributed by atoms with Gasteiger partial charge in [-0.05, 0) is 26.9 Å². The van der Waals surface area contributed by atoms with Crippen LogP contribution in [0.4, 0.5) is 0 Å². The molecule has 1 aromatic heterocycles. The molecule has 10 heteroatoms. The van der Waals surface area contributed by atoms with Crippen molar-refractivity contribution in [2.45, 2.75) is 37.1 Å². The van der Waals surface area contributed by atoms with Crippen molar-refractivity contribution in [3.05, 3.63) is 5.89 Å². The third-order valence-electron chi connectivity index (χ3n) is 3.64. The number of sulfone groups is 1. The van der Waals surface area contributed by atoms with Gasteiger partial charge in [-0.2, -0.15) is 0 Å². The summed E-state index contributed by atoms with van der Waals surface area (Å²) in [5, 5.41) is 11.0. The van der Waals surface area contributed by atoms with Gasteiger partial charge in [-0.1, -0.05) is 18.7 Å². The largest absolute Gasteiger partial charge is 0.414 e. The fourth-order valence-electron chi connectivity index (χ4n) is 2.48. The highest BCUT2D eigenvalue weighted by Gasteiger charge is 2.29. The lowest BCUT2D eigenvalue weighted by molar-refractivity contribution is -0.119. The Kier molecular flexibility index (Phi) is 6.04. The molecule has 0 aliphatic carbocycles. The molecular weight excluding hydrogens is 340 g/mol. The number of carbonyl (C=O) groups is 1. The predicted molar refractivity (Wildman–Crippen MR) is 86.9 cm³/mol. The lowest BCUT2D eigenvalue weighted by Crippen LogP contribution is -2.36. The Morgan fingerprint density at radius 2 is 2.22 bits per heavy atom. The minimum atomic E-state index is -2.99. The summed E-state index contributed by atoms with van der Waals surface area (Å²) in [5.74, 6) is 0.589. The second kappa shape index (κ2) is 7.63. The van der Waals surface area contributed by atoms with Crippen LogP contribution in [0.15, 0.2) is 9.64 Å². The van der Waals surface area contributed by atoms with Crippen molar-refractivity contribution < 1.29 is 17.6 Å². The van der Waals surface area contributed by atoms with Gasteiger partial charge in [-0.3, -0.25) is 9.69 Å². The summed E-state index contributed by atoms with van der Waals surface area (Å²) in [5.41, 5.74) is 0. The number of rotatable bonds is 7. The van der Waals surface area contributed by atoms with Gasteiger partial charge in [0.2, 0.25) is 11.8 Å². The fourth-order valence-corrected chi connectivity index (χ4v) is 4.73. The molecule has 1 aromatic rings. The molecule has 2 heterocycles. The van der Waals surface area contributed by atoms with Gasteiger partial charge < -0.3 is 9.73 Å². The summed E-state index contributed by atoms with van der Waals surface area (Å²) in [7, 11) is 0.885. The number of nitrogens with one attached hydrogen (secondary N) is 1. The molecule has 0 spiro atoms. The zero-order valence-electron chi connectivity index (χ0n) is 13.5. The third kappa shape index (κ3) is 5.18. The van der Waals surface area contributed by atoms with Crippen LogP contribution in [-0.2, 0) is 14.6 Å². The molecule has 1 N–H and O–H groups in total. The summed E-state index contributed by atoms with van der Waals surface area (Å²) in [6.45, 7) is 2.03. The van der Waals surface area contributed by atoms with E-state index in [9.17, 15) is 13.2 Å². The Morgan fingerprint density at radius 3 is 2.78 bits per heavy atom. The Labute approximate surface area is 140 Å². The first-order valence-electron chi connectivity index (χ1n) is 7.43. The maximum absolute atomic E-state index is 11.9. The third-order valence-corrected chi connectivity index (χ3v) is 6.23. The van der Waals surface area contributed by atoms with E-state index in [-0.39, 0.29) is 35.2 Å². The van der Waals surface area contributed by atoms with Gasteiger partial charge in [-0.25, -0.2) is 8.42 Å². The topological polar surface area (TPSA) is 105 Å². The lowest BCUT2D eigenvalue weighted by Gasteiger charge is -2.18. The van der Waals surface area contributed by atoms with Gasteiger partial charge in [-0.15, -0.1) is 10.2 Å². The van der Waals surface area contributed by atoms with Crippen molar-refractivity contribution in [2.75, 3.05) is 31.4 Å². The van der Waals surface area contributed by atoms with E-state index in [1.54, 1.807) is 0 Å². The second-order valence-corrected chi connectivity index (χ2v) is 8.91. The zero-order valence-corrected chi connectivity index (χ0v) is 15.1. The van der Waals surface area contributed by atoms with Crippen LogP contribution in [-0.4, -0.2) is 66.8 Å². The summed E-state index contributed by atoms with van der Waals surface area (Å²) in [6, 6.07) is -0.237. The number of thioether (sulfide) groups is 1. The standard InChI is InChI=1S/C13H22N4O4S2/c1-4-10(17(2)3)12-15-16-13(21-12)22-7-11(18)14-9-5-6-23(19,20)8-9/h9-10H,4-8H2,1-3H3,(H,14,18)/t9-,10+/m1/s1. The van der Waals surface area contributed by atoms with Crippen LogP contribution >= 0.6 is 11.8 Å². The highest BCUT2D eigenvalue weighted by atomic mass is 32.2. The Bertz CT molecular complexity index is 644.